The SMILES string of the molecule is O=C(O)C1CCC2(CCN(c3ccc(-c4nc5ncc(C(F)(F)F)cc5[nH]4)cn3)CC2)OC1. The molecule has 0 bridgehead atoms. The maximum atomic E-state index is 12.9. The number of carbonyl (C=O) groups is 1. The number of carboxylic acid groups (broad SMARTS) is 1. The lowest BCUT2D eigenvalue weighted by molar-refractivity contribution is -0.158. The topological polar surface area (TPSA) is 104 Å². The molecule has 2 saturated heterocycles. The number of hydrogen-bond donors (Lipinski definition) is 2. The lowest BCUT2D eigenvalue weighted by Gasteiger charge is -2.45. The quantitative estimate of drug-likeness (QED) is 0.610. The fourth-order valence-corrected chi connectivity index (χ4v) is 4.51. The number of nitrogens with one attached hydrogen (secondary N) is 1. The molecule has 0 aromatic carbocycles. The fraction of sp³-hybridized carbons (Fsp3) is 0.455. The van der Waals surface area contributed by atoms with Gasteiger partial charge in [-0.05, 0) is 43.9 Å². The highest BCUT2D eigenvalue weighted by molar-refractivity contribution is 5.76. The standard InChI is InChI=1S/C22H22F3N5O3/c23-22(24,25)15-9-16-19(27-11-15)29-18(28-16)13-1-2-17(26-10-13)30-7-5-21(6-8-30)4-3-14(12-33-21)20(31)32/h1-2,9-11,14H,3-8,12H2,(H,31,32)(H,27,28,29). The Morgan fingerprint density at radius 3 is 2.58 bits per heavy atom. The summed E-state index contributed by atoms with van der Waals surface area (Å²) in [7, 11) is 0. The average molecular weight is 461 g/mol. The second kappa shape index (κ2) is 7.98. The molecular formula is C22H22F3N5O3. The maximum Gasteiger partial charge on any atom is 0.417 e. The second-order valence-electron chi connectivity index (χ2n) is 8.64. The summed E-state index contributed by atoms with van der Waals surface area (Å²) < 4.78 is 44.7. The van der Waals surface area contributed by atoms with Crippen molar-refractivity contribution >= 4 is 23.0 Å². The van der Waals surface area contributed by atoms with Crippen LogP contribution in [0.3, 0.4) is 0 Å². The molecule has 0 aliphatic carbocycles. The van der Waals surface area contributed by atoms with Crippen LogP contribution in [0, 0.1) is 5.92 Å². The summed E-state index contributed by atoms with van der Waals surface area (Å²) in [4.78, 5) is 28.8. The predicted octanol–water partition coefficient (Wildman–Crippen LogP) is 3.89. The fourth-order valence-electron chi connectivity index (χ4n) is 4.51. The molecule has 1 atom stereocenters. The molecule has 2 N–H and O–H groups in total. The van der Waals surface area contributed by atoms with Crippen LogP contribution in [0.4, 0.5) is 19.0 Å². The van der Waals surface area contributed by atoms with E-state index in [-0.39, 0.29) is 23.4 Å². The Hall–Kier alpha value is -3.21. The van der Waals surface area contributed by atoms with Crippen LogP contribution in [0.5, 0.6) is 0 Å². The Labute approximate surface area is 186 Å². The zero-order valence-corrected chi connectivity index (χ0v) is 17.6. The van der Waals surface area contributed by atoms with Gasteiger partial charge >= 0.3 is 12.1 Å². The largest absolute Gasteiger partial charge is 0.481 e. The van der Waals surface area contributed by atoms with Gasteiger partial charge in [-0.3, -0.25) is 4.79 Å². The van der Waals surface area contributed by atoms with Gasteiger partial charge in [0.1, 0.15) is 11.6 Å². The molecule has 1 spiro atoms. The van der Waals surface area contributed by atoms with Gasteiger partial charge in [0.25, 0.3) is 0 Å². The molecule has 11 heteroatoms. The molecule has 5 rings (SSSR count). The molecule has 0 saturated carbocycles. The Balaban J connectivity index is 1.26. The van der Waals surface area contributed by atoms with Crippen LogP contribution in [0.1, 0.15) is 31.2 Å². The normalized spacial score (nSPS) is 20.9. The van der Waals surface area contributed by atoms with E-state index in [9.17, 15) is 18.0 Å². The summed E-state index contributed by atoms with van der Waals surface area (Å²) in [6.07, 6.45) is 0.938. The molecule has 0 radical (unpaired) electrons. The van der Waals surface area contributed by atoms with Gasteiger partial charge in [-0.15, -0.1) is 0 Å². The number of rotatable bonds is 3. The number of hydrogen-bond acceptors (Lipinski definition) is 6. The summed E-state index contributed by atoms with van der Waals surface area (Å²) in [6, 6.07) is 4.68. The van der Waals surface area contributed by atoms with E-state index in [0.29, 0.717) is 17.8 Å². The minimum absolute atomic E-state index is 0.209. The number of aromatic amines is 1. The first-order chi connectivity index (χ1) is 15.7. The van der Waals surface area contributed by atoms with Crippen molar-refractivity contribution in [1.29, 1.82) is 0 Å². The maximum absolute atomic E-state index is 12.9. The number of nitrogens with zero attached hydrogens (tertiary/aromatic N) is 4. The summed E-state index contributed by atoms with van der Waals surface area (Å²) in [5.41, 5.74) is -0.0150. The molecule has 5 heterocycles. The summed E-state index contributed by atoms with van der Waals surface area (Å²) >= 11 is 0. The lowest BCUT2D eigenvalue weighted by atomic mass is 9.82. The van der Waals surface area contributed by atoms with Crippen molar-refractivity contribution in [2.75, 3.05) is 24.6 Å². The molecule has 0 amide bonds. The van der Waals surface area contributed by atoms with E-state index in [1.54, 1.807) is 6.20 Å². The van der Waals surface area contributed by atoms with Crippen LogP contribution in [-0.2, 0) is 15.7 Å². The molecule has 2 fully saturated rings. The average Bonchev–Trinajstić information content (AvgIpc) is 3.23. The molecule has 3 aromatic heterocycles. The number of aromatic nitrogens is 4. The summed E-state index contributed by atoms with van der Waals surface area (Å²) in [5, 5.41) is 9.15. The van der Waals surface area contributed by atoms with E-state index in [0.717, 1.165) is 50.4 Å². The van der Waals surface area contributed by atoms with Crippen molar-refractivity contribution in [2.24, 2.45) is 5.92 Å². The Kier molecular flexibility index (Phi) is 5.23. The van der Waals surface area contributed by atoms with Gasteiger partial charge in [-0.2, -0.15) is 13.2 Å². The first-order valence-corrected chi connectivity index (χ1v) is 10.7. The van der Waals surface area contributed by atoms with Crippen LogP contribution in [0.2, 0.25) is 0 Å². The minimum atomic E-state index is -4.47. The number of pyridine rings is 2. The zero-order valence-electron chi connectivity index (χ0n) is 17.6. The van der Waals surface area contributed by atoms with Crippen LogP contribution >= 0.6 is 0 Å². The van der Waals surface area contributed by atoms with E-state index < -0.39 is 23.6 Å². The van der Waals surface area contributed by atoms with Gasteiger partial charge in [0.15, 0.2) is 5.65 Å². The molecule has 1 unspecified atom stereocenters. The summed E-state index contributed by atoms with van der Waals surface area (Å²) in [6.45, 7) is 1.76. The van der Waals surface area contributed by atoms with Gasteiger partial charge in [0, 0.05) is 31.0 Å². The van der Waals surface area contributed by atoms with E-state index >= 15 is 0 Å². The third-order valence-electron chi connectivity index (χ3n) is 6.57. The molecular weight excluding hydrogens is 439 g/mol. The van der Waals surface area contributed by atoms with Gasteiger partial charge in [0.2, 0.25) is 0 Å². The van der Waals surface area contributed by atoms with Crippen molar-refractivity contribution in [3.63, 3.8) is 0 Å². The highest BCUT2D eigenvalue weighted by Gasteiger charge is 2.41. The zero-order chi connectivity index (χ0) is 23.2. The predicted molar refractivity (Wildman–Crippen MR) is 113 cm³/mol. The highest BCUT2D eigenvalue weighted by Crippen LogP contribution is 2.38. The van der Waals surface area contributed by atoms with E-state index in [1.165, 1.54) is 0 Å². The number of halogens is 3. The van der Waals surface area contributed by atoms with E-state index in [1.807, 2.05) is 12.1 Å². The number of alkyl halides is 3. The van der Waals surface area contributed by atoms with Gasteiger partial charge in [-0.1, -0.05) is 0 Å². The number of aliphatic carboxylic acids is 1. The number of fused-ring (bicyclic) bond motifs is 1. The number of carboxylic acids is 1. The second-order valence-corrected chi connectivity index (χ2v) is 8.64. The molecule has 2 aliphatic heterocycles. The van der Waals surface area contributed by atoms with Gasteiger partial charge < -0.3 is 19.7 Å². The smallest absolute Gasteiger partial charge is 0.417 e. The number of ether oxygens (including phenoxy) is 1. The van der Waals surface area contributed by atoms with Crippen LogP contribution in [-0.4, -0.2) is 56.3 Å². The summed E-state index contributed by atoms with van der Waals surface area (Å²) in [5.74, 6) is -0.0255. The number of H-pyrrole nitrogens is 1. The van der Waals surface area contributed by atoms with Crippen molar-refractivity contribution in [2.45, 2.75) is 37.5 Å². The number of imidazole rings is 1. The Morgan fingerprint density at radius 2 is 1.97 bits per heavy atom. The highest BCUT2D eigenvalue weighted by atomic mass is 19.4. The number of piperidine rings is 1. The van der Waals surface area contributed by atoms with Crippen molar-refractivity contribution in [3.8, 4) is 11.4 Å². The molecule has 8 nitrogen and oxygen atoms in total. The molecule has 2 aliphatic rings. The first kappa shape index (κ1) is 21.6. The molecule has 174 valence electrons. The van der Waals surface area contributed by atoms with Crippen molar-refractivity contribution in [3.05, 3.63) is 36.2 Å². The van der Waals surface area contributed by atoms with E-state index in [2.05, 4.69) is 24.8 Å². The molecule has 33 heavy (non-hydrogen) atoms. The minimum Gasteiger partial charge on any atom is -0.481 e. The van der Waals surface area contributed by atoms with Crippen LogP contribution < -0.4 is 4.90 Å². The van der Waals surface area contributed by atoms with Crippen molar-refractivity contribution in [1.82, 2.24) is 19.9 Å². The van der Waals surface area contributed by atoms with Gasteiger partial charge in [0.05, 0.1) is 29.2 Å². The van der Waals surface area contributed by atoms with E-state index in [4.69, 9.17) is 9.84 Å². The first-order valence-electron chi connectivity index (χ1n) is 10.7. The monoisotopic (exact) mass is 461 g/mol. The third kappa shape index (κ3) is 4.24. The number of anilines is 1. The third-order valence-corrected chi connectivity index (χ3v) is 6.57. The van der Waals surface area contributed by atoms with Gasteiger partial charge in [-0.25, -0.2) is 15.0 Å². The Morgan fingerprint density at radius 1 is 1.18 bits per heavy atom. The van der Waals surface area contributed by atoms with Crippen molar-refractivity contribution < 1.29 is 27.8 Å². The van der Waals surface area contributed by atoms with Crippen LogP contribution in [0.15, 0.2) is 30.6 Å². The lowest BCUT2D eigenvalue weighted by Crippen LogP contribution is -2.50. The van der Waals surface area contributed by atoms with Crippen LogP contribution in [0.25, 0.3) is 22.6 Å². The Bertz CT molecular complexity index is 1160. The molecule has 3 aromatic rings.